The fourth-order valence-corrected chi connectivity index (χ4v) is 4.78. The summed E-state index contributed by atoms with van der Waals surface area (Å²) >= 11 is 1.59. The summed E-state index contributed by atoms with van der Waals surface area (Å²) in [5.74, 6) is 0.376. The Morgan fingerprint density at radius 3 is 2.81 bits per heavy atom. The molecule has 1 amide bonds. The van der Waals surface area contributed by atoms with E-state index in [-0.39, 0.29) is 12.3 Å². The van der Waals surface area contributed by atoms with Crippen LogP contribution in [0.2, 0.25) is 0 Å². The van der Waals surface area contributed by atoms with E-state index in [1.807, 2.05) is 23.6 Å². The van der Waals surface area contributed by atoms with Gasteiger partial charge in [0.25, 0.3) is 0 Å². The number of morpholine rings is 1. The molecule has 3 aromatic rings. The minimum Gasteiger partial charge on any atom is -0.379 e. The maximum Gasteiger partial charge on any atom is 0.230 e. The lowest BCUT2D eigenvalue weighted by Crippen LogP contribution is -2.35. The van der Waals surface area contributed by atoms with E-state index in [1.165, 1.54) is 11.1 Å². The van der Waals surface area contributed by atoms with Crippen LogP contribution in [0.1, 0.15) is 43.0 Å². The first-order valence-electron chi connectivity index (χ1n) is 11.3. The monoisotopic (exact) mass is 449 g/mol. The van der Waals surface area contributed by atoms with Gasteiger partial charge >= 0.3 is 0 Å². The smallest absolute Gasteiger partial charge is 0.230 e. The lowest BCUT2D eigenvalue weighted by atomic mass is 9.97. The first kappa shape index (κ1) is 22.6. The number of nitrogens with zero attached hydrogens (tertiary/aromatic N) is 2. The summed E-state index contributed by atoms with van der Waals surface area (Å²) < 4.78 is 5.44. The Morgan fingerprint density at radius 1 is 1.19 bits per heavy atom. The summed E-state index contributed by atoms with van der Waals surface area (Å²) in [7, 11) is 0. The summed E-state index contributed by atoms with van der Waals surface area (Å²) in [4.78, 5) is 19.9. The molecule has 1 saturated heterocycles. The highest BCUT2D eigenvalue weighted by Gasteiger charge is 2.14. The van der Waals surface area contributed by atoms with Crippen LogP contribution >= 0.6 is 11.3 Å². The highest BCUT2D eigenvalue weighted by molar-refractivity contribution is 7.13. The van der Waals surface area contributed by atoms with Crippen molar-refractivity contribution in [2.45, 2.75) is 39.2 Å². The SMILES string of the molecule is CCC(C)c1ccccc1NC(=O)Cc1csc(-c2cccc(CN3CCOCC3)c2)n1. The molecular formula is C26H31N3O2S. The van der Waals surface area contributed by atoms with Crippen LogP contribution in [0.25, 0.3) is 10.6 Å². The number of amides is 1. The molecule has 2 aromatic carbocycles. The number of carbonyl (C=O) groups is 1. The largest absolute Gasteiger partial charge is 0.379 e. The summed E-state index contributed by atoms with van der Waals surface area (Å²) in [5.41, 5.74) is 5.27. The van der Waals surface area contributed by atoms with Crippen molar-refractivity contribution >= 4 is 22.9 Å². The zero-order valence-corrected chi connectivity index (χ0v) is 19.7. The average molecular weight is 450 g/mol. The third-order valence-corrected chi connectivity index (χ3v) is 6.90. The van der Waals surface area contributed by atoms with E-state index in [4.69, 9.17) is 9.72 Å². The van der Waals surface area contributed by atoms with Gasteiger partial charge in [-0.1, -0.05) is 50.2 Å². The van der Waals surface area contributed by atoms with Crippen molar-refractivity contribution in [3.05, 3.63) is 70.7 Å². The van der Waals surface area contributed by atoms with Crippen LogP contribution in [0, 0.1) is 0 Å². The van der Waals surface area contributed by atoms with Gasteiger partial charge in [0.05, 0.1) is 25.3 Å². The van der Waals surface area contributed by atoms with E-state index in [0.717, 1.165) is 61.2 Å². The van der Waals surface area contributed by atoms with Crippen molar-refractivity contribution in [3.8, 4) is 10.6 Å². The van der Waals surface area contributed by atoms with Gasteiger partial charge in [-0.05, 0) is 35.6 Å². The van der Waals surface area contributed by atoms with Crippen LogP contribution in [-0.4, -0.2) is 42.1 Å². The summed E-state index contributed by atoms with van der Waals surface area (Å²) in [6, 6.07) is 16.6. The van der Waals surface area contributed by atoms with Gasteiger partial charge in [-0.3, -0.25) is 9.69 Å². The Kier molecular flexibility index (Phi) is 7.68. The van der Waals surface area contributed by atoms with E-state index in [9.17, 15) is 4.79 Å². The van der Waals surface area contributed by atoms with Gasteiger partial charge in [0, 0.05) is 36.3 Å². The first-order chi connectivity index (χ1) is 15.6. The Bertz CT molecular complexity index is 1040. The molecule has 0 radical (unpaired) electrons. The molecule has 1 atom stereocenters. The molecule has 0 bridgehead atoms. The van der Waals surface area contributed by atoms with Crippen molar-refractivity contribution in [1.82, 2.24) is 9.88 Å². The second kappa shape index (κ2) is 10.9. The molecule has 1 aliphatic rings. The number of benzene rings is 2. The number of carbonyl (C=O) groups excluding carboxylic acids is 1. The predicted molar refractivity (Wildman–Crippen MR) is 131 cm³/mol. The normalized spacial score (nSPS) is 15.4. The first-order valence-corrected chi connectivity index (χ1v) is 12.2. The molecule has 1 N–H and O–H groups in total. The zero-order chi connectivity index (χ0) is 22.3. The highest BCUT2D eigenvalue weighted by Crippen LogP contribution is 2.28. The number of aromatic nitrogens is 1. The number of hydrogen-bond acceptors (Lipinski definition) is 5. The van der Waals surface area contributed by atoms with Crippen molar-refractivity contribution in [2.24, 2.45) is 0 Å². The van der Waals surface area contributed by atoms with Crippen LogP contribution < -0.4 is 5.32 Å². The van der Waals surface area contributed by atoms with Gasteiger partial charge in [-0.15, -0.1) is 11.3 Å². The van der Waals surface area contributed by atoms with Crippen molar-refractivity contribution < 1.29 is 9.53 Å². The van der Waals surface area contributed by atoms with Crippen molar-refractivity contribution in [1.29, 1.82) is 0 Å². The molecule has 1 aromatic heterocycles. The van der Waals surface area contributed by atoms with Crippen molar-refractivity contribution in [2.75, 3.05) is 31.6 Å². The number of nitrogens with one attached hydrogen (secondary N) is 1. The molecule has 5 nitrogen and oxygen atoms in total. The van der Waals surface area contributed by atoms with Crippen LogP contribution in [0.15, 0.2) is 53.9 Å². The summed E-state index contributed by atoms with van der Waals surface area (Å²) in [6.45, 7) is 8.83. The maximum absolute atomic E-state index is 12.7. The number of thiazole rings is 1. The number of rotatable bonds is 8. The summed E-state index contributed by atoms with van der Waals surface area (Å²) in [5, 5.41) is 6.03. The highest BCUT2D eigenvalue weighted by atomic mass is 32.1. The minimum atomic E-state index is -0.0290. The molecule has 32 heavy (non-hydrogen) atoms. The van der Waals surface area contributed by atoms with Crippen LogP contribution in [0.5, 0.6) is 0 Å². The van der Waals surface area contributed by atoms with E-state index < -0.39 is 0 Å². The Balaban J connectivity index is 1.40. The third-order valence-electron chi connectivity index (χ3n) is 5.96. The number of para-hydroxylation sites is 1. The second-order valence-corrected chi connectivity index (χ2v) is 9.21. The summed E-state index contributed by atoms with van der Waals surface area (Å²) in [6.07, 6.45) is 1.31. The molecule has 0 spiro atoms. The lowest BCUT2D eigenvalue weighted by Gasteiger charge is -2.26. The van der Waals surface area contributed by atoms with Gasteiger partial charge < -0.3 is 10.1 Å². The molecule has 1 fully saturated rings. The topological polar surface area (TPSA) is 54.5 Å². The molecule has 168 valence electrons. The number of ether oxygens (including phenoxy) is 1. The number of hydrogen-bond donors (Lipinski definition) is 1. The van der Waals surface area contributed by atoms with Gasteiger partial charge in [-0.2, -0.15) is 0 Å². The number of anilines is 1. The van der Waals surface area contributed by atoms with Gasteiger partial charge in [0.15, 0.2) is 0 Å². The lowest BCUT2D eigenvalue weighted by molar-refractivity contribution is -0.115. The van der Waals surface area contributed by atoms with E-state index >= 15 is 0 Å². The van der Waals surface area contributed by atoms with Crippen LogP contribution in [0.4, 0.5) is 5.69 Å². The molecule has 1 aliphatic heterocycles. The standard InChI is InChI=1S/C26H31N3O2S/c1-3-19(2)23-9-4-5-10-24(23)28-25(30)16-22-18-32-26(27-22)21-8-6-7-20(15-21)17-29-11-13-31-14-12-29/h4-10,15,18-19H,3,11-14,16-17H2,1-2H3,(H,28,30). The van der Waals surface area contributed by atoms with E-state index in [1.54, 1.807) is 11.3 Å². The molecular weight excluding hydrogens is 418 g/mol. The van der Waals surface area contributed by atoms with Crippen LogP contribution in [-0.2, 0) is 22.5 Å². The third kappa shape index (κ3) is 5.82. The van der Waals surface area contributed by atoms with Gasteiger partial charge in [-0.25, -0.2) is 4.98 Å². The van der Waals surface area contributed by atoms with Crippen molar-refractivity contribution in [3.63, 3.8) is 0 Å². The molecule has 4 rings (SSSR count). The quantitative estimate of drug-likeness (QED) is 0.505. The molecule has 0 aliphatic carbocycles. The Labute approximate surface area is 194 Å². The van der Waals surface area contributed by atoms with Crippen LogP contribution in [0.3, 0.4) is 0 Å². The zero-order valence-electron chi connectivity index (χ0n) is 18.8. The fraction of sp³-hybridized carbons (Fsp3) is 0.385. The van der Waals surface area contributed by atoms with E-state index in [2.05, 4.69) is 54.4 Å². The van der Waals surface area contributed by atoms with Gasteiger partial charge in [0.1, 0.15) is 5.01 Å². The minimum absolute atomic E-state index is 0.0290. The predicted octanol–water partition coefficient (Wildman–Crippen LogP) is 5.34. The Morgan fingerprint density at radius 2 is 2.00 bits per heavy atom. The Hall–Kier alpha value is -2.54. The fourth-order valence-electron chi connectivity index (χ4n) is 3.96. The second-order valence-electron chi connectivity index (χ2n) is 8.35. The maximum atomic E-state index is 12.7. The molecule has 0 saturated carbocycles. The molecule has 6 heteroatoms. The van der Waals surface area contributed by atoms with Gasteiger partial charge in [0.2, 0.25) is 5.91 Å². The average Bonchev–Trinajstić information content (AvgIpc) is 3.28. The van der Waals surface area contributed by atoms with E-state index in [0.29, 0.717) is 5.92 Å². The molecule has 1 unspecified atom stereocenters. The molecule has 2 heterocycles.